The van der Waals surface area contributed by atoms with Crippen molar-refractivity contribution in [1.82, 2.24) is 19.2 Å². The molecule has 0 unspecified atom stereocenters. The molecule has 0 fully saturated rings. The van der Waals surface area contributed by atoms with Crippen molar-refractivity contribution in [3.63, 3.8) is 0 Å². The van der Waals surface area contributed by atoms with Crippen molar-refractivity contribution in [1.29, 1.82) is 0 Å². The molecule has 3 aromatic heterocycles. The highest BCUT2D eigenvalue weighted by atomic mass is 16.5. The van der Waals surface area contributed by atoms with Gasteiger partial charge < -0.3 is 10.1 Å². The molecule has 1 amide bonds. The molecule has 1 aromatic carbocycles. The van der Waals surface area contributed by atoms with Gasteiger partial charge in [0.1, 0.15) is 5.56 Å². The van der Waals surface area contributed by atoms with E-state index in [1.54, 1.807) is 48.8 Å². The fourth-order valence-electron chi connectivity index (χ4n) is 2.92. The van der Waals surface area contributed by atoms with Gasteiger partial charge in [-0.2, -0.15) is 0 Å². The first-order chi connectivity index (χ1) is 13.7. The lowest BCUT2D eigenvalue weighted by atomic mass is 10.2. The van der Waals surface area contributed by atoms with E-state index in [2.05, 4.69) is 15.4 Å². The highest BCUT2D eigenvalue weighted by Gasteiger charge is 2.13. The number of benzene rings is 1. The Bertz CT molecular complexity index is 1210. The number of anilines is 1. The lowest BCUT2D eigenvalue weighted by Gasteiger charge is -2.09. The summed E-state index contributed by atoms with van der Waals surface area (Å²) >= 11 is 0. The topological polar surface area (TPSA) is 90.5 Å². The van der Waals surface area contributed by atoms with Crippen LogP contribution in [0.15, 0.2) is 71.8 Å². The predicted octanol–water partition coefficient (Wildman–Crippen LogP) is 2.20. The van der Waals surface area contributed by atoms with Gasteiger partial charge in [-0.1, -0.05) is 18.2 Å². The first kappa shape index (κ1) is 17.5. The first-order valence-corrected chi connectivity index (χ1v) is 8.59. The zero-order chi connectivity index (χ0) is 19.5. The molecule has 0 atom stereocenters. The van der Waals surface area contributed by atoms with Crippen LogP contribution in [0.5, 0.6) is 5.88 Å². The second kappa shape index (κ2) is 7.36. The predicted molar refractivity (Wildman–Crippen MR) is 104 cm³/mol. The minimum absolute atomic E-state index is 0.217. The van der Waals surface area contributed by atoms with Crippen LogP contribution in [-0.2, 0) is 6.54 Å². The minimum Gasteiger partial charge on any atom is -0.480 e. The van der Waals surface area contributed by atoms with Crippen LogP contribution in [0.4, 0.5) is 5.69 Å². The number of amides is 1. The smallest absolute Gasteiger partial charge is 0.350 e. The van der Waals surface area contributed by atoms with Gasteiger partial charge in [0, 0.05) is 18.1 Å². The lowest BCUT2D eigenvalue weighted by Crippen LogP contribution is -2.21. The number of fused-ring (bicyclic) bond motifs is 1. The molecule has 0 radical (unpaired) electrons. The Balaban J connectivity index is 1.57. The van der Waals surface area contributed by atoms with Gasteiger partial charge in [-0.25, -0.2) is 14.5 Å². The molecule has 4 rings (SSSR count). The molecular weight excluding hydrogens is 358 g/mol. The van der Waals surface area contributed by atoms with Gasteiger partial charge in [-0.3, -0.25) is 9.20 Å². The second-order valence-corrected chi connectivity index (χ2v) is 6.08. The molecule has 0 saturated carbocycles. The van der Waals surface area contributed by atoms with Gasteiger partial charge in [0.25, 0.3) is 5.91 Å². The van der Waals surface area contributed by atoms with E-state index in [1.807, 2.05) is 18.2 Å². The fraction of sp³-hybridized carbons (Fsp3) is 0.100. The normalized spacial score (nSPS) is 10.8. The molecule has 1 N–H and O–H groups in total. The van der Waals surface area contributed by atoms with E-state index in [-0.39, 0.29) is 17.5 Å². The van der Waals surface area contributed by atoms with E-state index in [1.165, 1.54) is 16.2 Å². The Morgan fingerprint density at radius 2 is 2.04 bits per heavy atom. The Morgan fingerprint density at radius 3 is 2.86 bits per heavy atom. The van der Waals surface area contributed by atoms with Gasteiger partial charge in [0.15, 0.2) is 5.65 Å². The third-order valence-corrected chi connectivity index (χ3v) is 4.21. The SMILES string of the molecule is COc1ncccc1C(=O)Nc1cccc(Cn2nc3ccccn3c2=O)c1. The molecule has 8 heteroatoms. The molecular formula is C20H17N5O3. The van der Waals surface area contributed by atoms with E-state index in [0.717, 1.165) is 5.56 Å². The van der Waals surface area contributed by atoms with E-state index >= 15 is 0 Å². The average Bonchev–Trinajstić information content (AvgIpc) is 3.04. The number of aromatic nitrogens is 4. The number of ether oxygens (including phenoxy) is 1. The summed E-state index contributed by atoms with van der Waals surface area (Å²) in [7, 11) is 1.46. The van der Waals surface area contributed by atoms with Crippen molar-refractivity contribution in [2.24, 2.45) is 0 Å². The lowest BCUT2D eigenvalue weighted by molar-refractivity contribution is 0.102. The summed E-state index contributed by atoms with van der Waals surface area (Å²) in [5, 5.41) is 7.15. The molecule has 0 aliphatic heterocycles. The van der Waals surface area contributed by atoms with Crippen molar-refractivity contribution < 1.29 is 9.53 Å². The monoisotopic (exact) mass is 375 g/mol. The second-order valence-electron chi connectivity index (χ2n) is 6.08. The van der Waals surface area contributed by atoms with Gasteiger partial charge in [-0.15, -0.1) is 5.10 Å². The number of hydrogen-bond donors (Lipinski definition) is 1. The number of carbonyl (C=O) groups is 1. The van der Waals surface area contributed by atoms with Crippen molar-refractivity contribution in [3.05, 3.63) is 88.6 Å². The Labute approximate surface area is 160 Å². The number of rotatable bonds is 5. The average molecular weight is 375 g/mol. The van der Waals surface area contributed by atoms with Crippen LogP contribution in [0, 0.1) is 0 Å². The van der Waals surface area contributed by atoms with Gasteiger partial charge in [0.05, 0.1) is 13.7 Å². The number of carbonyl (C=O) groups excluding carboxylic acids is 1. The van der Waals surface area contributed by atoms with Crippen molar-refractivity contribution in [3.8, 4) is 5.88 Å². The van der Waals surface area contributed by atoms with Crippen molar-refractivity contribution in [2.45, 2.75) is 6.54 Å². The van der Waals surface area contributed by atoms with E-state index in [0.29, 0.717) is 23.4 Å². The minimum atomic E-state index is -0.327. The quantitative estimate of drug-likeness (QED) is 0.577. The molecule has 0 aliphatic carbocycles. The Morgan fingerprint density at radius 1 is 1.14 bits per heavy atom. The number of hydrogen-bond acceptors (Lipinski definition) is 5. The standard InChI is InChI=1S/C20H17N5O3/c1-28-19-16(8-5-10-21-19)18(26)22-15-7-4-6-14(12-15)13-25-20(27)24-11-3-2-9-17(24)23-25/h2-12H,13H2,1H3,(H,22,26). The van der Waals surface area contributed by atoms with Crippen LogP contribution in [0.25, 0.3) is 5.65 Å². The summed E-state index contributed by atoms with van der Waals surface area (Å²) in [5.41, 5.74) is 2.14. The van der Waals surface area contributed by atoms with Gasteiger partial charge >= 0.3 is 5.69 Å². The number of pyridine rings is 2. The molecule has 140 valence electrons. The maximum Gasteiger partial charge on any atom is 0.350 e. The summed E-state index contributed by atoms with van der Waals surface area (Å²) in [6.07, 6.45) is 3.24. The van der Waals surface area contributed by atoms with E-state index in [9.17, 15) is 9.59 Å². The number of nitrogens with one attached hydrogen (secondary N) is 1. The third kappa shape index (κ3) is 3.35. The molecule has 4 aromatic rings. The summed E-state index contributed by atoms with van der Waals surface area (Å²) in [6, 6.07) is 16.0. The molecule has 0 spiro atoms. The van der Waals surface area contributed by atoms with E-state index < -0.39 is 0 Å². The zero-order valence-corrected chi connectivity index (χ0v) is 15.1. The molecule has 3 heterocycles. The third-order valence-electron chi connectivity index (χ3n) is 4.21. The van der Waals surface area contributed by atoms with Crippen LogP contribution in [-0.4, -0.2) is 32.2 Å². The number of methoxy groups -OCH3 is 1. The van der Waals surface area contributed by atoms with Crippen LogP contribution < -0.4 is 15.7 Å². The zero-order valence-electron chi connectivity index (χ0n) is 15.1. The maximum atomic E-state index is 12.5. The Hall–Kier alpha value is -3.94. The van der Waals surface area contributed by atoms with Crippen LogP contribution in [0.1, 0.15) is 15.9 Å². The summed E-state index contributed by atoms with van der Waals surface area (Å²) in [4.78, 5) is 29.0. The van der Waals surface area contributed by atoms with Crippen LogP contribution >= 0.6 is 0 Å². The number of nitrogens with zero attached hydrogens (tertiary/aromatic N) is 4. The van der Waals surface area contributed by atoms with Crippen molar-refractivity contribution in [2.75, 3.05) is 12.4 Å². The first-order valence-electron chi connectivity index (χ1n) is 8.59. The van der Waals surface area contributed by atoms with E-state index in [4.69, 9.17) is 4.74 Å². The highest BCUT2D eigenvalue weighted by molar-refractivity contribution is 6.05. The molecule has 28 heavy (non-hydrogen) atoms. The summed E-state index contributed by atoms with van der Waals surface area (Å²) in [5.74, 6) is -0.0700. The van der Waals surface area contributed by atoms with Crippen LogP contribution in [0.2, 0.25) is 0 Å². The molecule has 0 aliphatic rings. The molecule has 8 nitrogen and oxygen atoms in total. The molecule has 0 saturated heterocycles. The van der Waals surface area contributed by atoms with Crippen LogP contribution in [0.3, 0.4) is 0 Å². The summed E-state index contributed by atoms with van der Waals surface area (Å²) in [6.45, 7) is 0.292. The van der Waals surface area contributed by atoms with Gasteiger partial charge in [-0.05, 0) is 42.0 Å². The van der Waals surface area contributed by atoms with Crippen molar-refractivity contribution >= 4 is 17.2 Å². The largest absolute Gasteiger partial charge is 0.480 e. The Kier molecular flexibility index (Phi) is 4.59. The van der Waals surface area contributed by atoms with Gasteiger partial charge in [0.2, 0.25) is 5.88 Å². The maximum absolute atomic E-state index is 12.5. The summed E-state index contributed by atoms with van der Waals surface area (Å²) < 4.78 is 8.00. The molecule has 0 bridgehead atoms. The fourth-order valence-corrected chi connectivity index (χ4v) is 2.92. The highest BCUT2D eigenvalue weighted by Crippen LogP contribution is 2.17.